The van der Waals surface area contributed by atoms with Crippen LogP contribution in [0, 0.1) is 5.82 Å². The first-order chi connectivity index (χ1) is 11.1. The van der Waals surface area contributed by atoms with Gasteiger partial charge in [0.05, 0.1) is 12.2 Å². The van der Waals surface area contributed by atoms with Crippen molar-refractivity contribution in [2.75, 3.05) is 18.0 Å². The Hall–Kier alpha value is -2.12. The Morgan fingerprint density at radius 1 is 1.46 bits per heavy atom. The van der Waals surface area contributed by atoms with Gasteiger partial charge in [0, 0.05) is 36.8 Å². The lowest BCUT2D eigenvalue weighted by Gasteiger charge is -2.33. The third-order valence-corrected chi connectivity index (χ3v) is 4.23. The minimum atomic E-state index is -0.383. The lowest BCUT2D eigenvalue weighted by atomic mass is 10.1. The van der Waals surface area contributed by atoms with E-state index in [2.05, 4.69) is 15.5 Å². The number of carbonyl (C=O) groups is 1. The molecule has 2 aliphatic rings. The molecule has 128 valence electrons. The van der Waals surface area contributed by atoms with Crippen molar-refractivity contribution in [3.63, 3.8) is 0 Å². The minimum Gasteiger partial charge on any atom is -0.487 e. The van der Waals surface area contributed by atoms with Gasteiger partial charge in [0.25, 0.3) is 5.91 Å². The molecule has 2 aromatic rings. The fourth-order valence-corrected chi connectivity index (χ4v) is 3.14. The summed E-state index contributed by atoms with van der Waals surface area (Å²) in [5.41, 5.74) is 2.93. The van der Waals surface area contributed by atoms with Gasteiger partial charge in [-0.3, -0.25) is 14.8 Å². The maximum absolute atomic E-state index is 13.4. The Morgan fingerprint density at radius 2 is 2.29 bits per heavy atom. The zero-order valence-electron chi connectivity index (χ0n) is 13.1. The number of halogens is 2. The molecule has 6 nitrogen and oxygen atoms in total. The molecule has 1 unspecified atom stereocenters. The summed E-state index contributed by atoms with van der Waals surface area (Å²) < 4.78 is 19.1. The van der Waals surface area contributed by atoms with Gasteiger partial charge in [-0.2, -0.15) is 5.10 Å². The molecule has 0 spiro atoms. The van der Waals surface area contributed by atoms with E-state index in [-0.39, 0.29) is 30.2 Å². The lowest BCUT2D eigenvalue weighted by Crippen LogP contribution is -2.43. The van der Waals surface area contributed by atoms with Crippen LogP contribution in [0.3, 0.4) is 0 Å². The standard InChI is InChI=1S/C16H17FN4O2.ClH/c1-9-8-21(13-3-2-10(17)6-14(13)23-9)16(22)15-11-7-18-5-4-12(11)19-20-15;/h2-3,6,9,18H,4-5,7-8H2,1H3,(H,19,20);1H. The predicted octanol–water partition coefficient (Wildman–Crippen LogP) is 2.04. The molecule has 1 atom stereocenters. The maximum atomic E-state index is 13.4. The number of aromatic nitrogens is 2. The summed E-state index contributed by atoms with van der Waals surface area (Å²) in [5, 5.41) is 10.4. The van der Waals surface area contributed by atoms with E-state index in [9.17, 15) is 9.18 Å². The quantitative estimate of drug-likeness (QED) is 0.824. The van der Waals surface area contributed by atoms with Gasteiger partial charge in [-0.05, 0) is 19.1 Å². The highest BCUT2D eigenvalue weighted by atomic mass is 35.5. The molecule has 0 aliphatic carbocycles. The normalized spacial score (nSPS) is 18.9. The molecule has 0 saturated carbocycles. The molecule has 0 saturated heterocycles. The average molecular weight is 353 g/mol. The third kappa shape index (κ3) is 2.74. The van der Waals surface area contributed by atoms with Gasteiger partial charge in [-0.1, -0.05) is 0 Å². The fourth-order valence-electron chi connectivity index (χ4n) is 3.14. The number of hydrogen-bond donors (Lipinski definition) is 2. The van der Waals surface area contributed by atoms with Gasteiger partial charge in [0.1, 0.15) is 17.7 Å². The number of rotatable bonds is 1. The van der Waals surface area contributed by atoms with Crippen molar-refractivity contribution in [3.05, 3.63) is 41.0 Å². The zero-order valence-corrected chi connectivity index (χ0v) is 14.0. The molecular formula is C16H18ClFN4O2. The molecule has 1 aromatic heterocycles. The highest BCUT2D eigenvalue weighted by Crippen LogP contribution is 2.35. The number of anilines is 1. The van der Waals surface area contributed by atoms with Crippen LogP contribution >= 0.6 is 12.4 Å². The van der Waals surface area contributed by atoms with Crippen molar-refractivity contribution in [2.45, 2.75) is 26.0 Å². The van der Waals surface area contributed by atoms with E-state index < -0.39 is 0 Å². The Kier molecular flexibility index (Phi) is 4.47. The van der Waals surface area contributed by atoms with Crippen LogP contribution in [0.2, 0.25) is 0 Å². The van der Waals surface area contributed by atoms with E-state index in [1.54, 1.807) is 11.0 Å². The van der Waals surface area contributed by atoms with Crippen molar-refractivity contribution in [2.24, 2.45) is 0 Å². The van der Waals surface area contributed by atoms with E-state index in [1.165, 1.54) is 12.1 Å². The van der Waals surface area contributed by atoms with Gasteiger partial charge in [0.2, 0.25) is 0 Å². The number of ether oxygens (including phenoxy) is 1. The van der Waals surface area contributed by atoms with Crippen molar-refractivity contribution < 1.29 is 13.9 Å². The molecule has 3 heterocycles. The van der Waals surface area contributed by atoms with E-state index in [1.807, 2.05) is 6.92 Å². The van der Waals surface area contributed by atoms with Crippen molar-refractivity contribution >= 4 is 24.0 Å². The Bertz CT molecular complexity index is 779. The fraction of sp³-hybridized carbons (Fsp3) is 0.375. The largest absolute Gasteiger partial charge is 0.487 e. The molecule has 24 heavy (non-hydrogen) atoms. The van der Waals surface area contributed by atoms with Crippen LogP contribution in [0.4, 0.5) is 10.1 Å². The first-order valence-corrected chi connectivity index (χ1v) is 7.68. The Morgan fingerprint density at radius 3 is 3.12 bits per heavy atom. The number of fused-ring (bicyclic) bond motifs is 2. The average Bonchev–Trinajstić information content (AvgIpc) is 2.97. The van der Waals surface area contributed by atoms with Gasteiger partial charge >= 0.3 is 0 Å². The van der Waals surface area contributed by atoms with Crippen LogP contribution in [-0.4, -0.2) is 35.3 Å². The third-order valence-electron chi connectivity index (χ3n) is 4.23. The summed E-state index contributed by atoms with van der Waals surface area (Å²) in [4.78, 5) is 14.6. The summed E-state index contributed by atoms with van der Waals surface area (Å²) in [5.74, 6) is -0.180. The summed E-state index contributed by atoms with van der Waals surface area (Å²) in [7, 11) is 0. The number of aromatic amines is 1. The molecular weight excluding hydrogens is 335 g/mol. The zero-order chi connectivity index (χ0) is 16.0. The second-order valence-electron chi connectivity index (χ2n) is 5.91. The summed E-state index contributed by atoms with van der Waals surface area (Å²) in [6.07, 6.45) is 0.623. The number of hydrogen-bond acceptors (Lipinski definition) is 4. The molecule has 0 fully saturated rings. The Labute approximate surface area is 144 Å². The summed E-state index contributed by atoms with van der Waals surface area (Å²) in [6, 6.07) is 4.22. The molecule has 8 heteroatoms. The maximum Gasteiger partial charge on any atom is 0.279 e. The number of H-pyrrole nitrogens is 1. The monoisotopic (exact) mass is 352 g/mol. The first-order valence-electron chi connectivity index (χ1n) is 7.68. The van der Waals surface area contributed by atoms with E-state index in [0.29, 0.717) is 30.2 Å². The van der Waals surface area contributed by atoms with Crippen molar-refractivity contribution in [3.8, 4) is 5.75 Å². The number of carbonyl (C=O) groups excluding carboxylic acids is 1. The van der Waals surface area contributed by atoms with E-state index >= 15 is 0 Å². The summed E-state index contributed by atoms with van der Waals surface area (Å²) >= 11 is 0. The summed E-state index contributed by atoms with van der Waals surface area (Å²) in [6.45, 7) is 3.77. The highest BCUT2D eigenvalue weighted by Gasteiger charge is 2.32. The van der Waals surface area contributed by atoms with Crippen molar-refractivity contribution in [1.82, 2.24) is 15.5 Å². The van der Waals surface area contributed by atoms with Crippen LogP contribution in [0.1, 0.15) is 28.7 Å². The van der Waals surface area contributed by atoms with Crippen LogP contribution in [-0.2, 0) is 13.0 Å². The molecule has 1 aromatic carbocycles. The molecule has 0 bridgehead atoms. The second-order valence-corrected chi connectivity index (χ2v) is 5.91. The smallest absolute Gasteiger partial charge is 0.279 e. The number of nitrogens with zero attached hydrogens (tertiary/aromatic N) is 2. The minimum absolute atomic E-state index is 0. The van der Waals surface area contributed by atoms with E-state index in [4.69, 9.17) is 4.74 Å². The van der Waals surface area contributed by atoms with Gasteiger partial charge < -0.3 is 10.1 Å². The number of amides is 1. The van der Waals surface area contributed by atoms with Crippen LogP contribution in [0.5, 0.6) is 5.75 Å². The van der Waals surface area contributed by atoms with Crippen LogP contribution in [0.15, 0.2) is 18.2 Å². The van der Waals surface area contributed by atoms with Gasteiger partial charge in [0.15, 0.2) is 5.69 Å². The second kappa shape index (κ2) is 6.41. The van der Waals surface area contributed by atoms with Crippen LogP contribution in [0.25, 0.3) is 0 Å². The SMILES string of the molecule is CC1CN(C(=O)c2n[nH]c3c2CNCC3)c2ccc(F)cc2O1.Cl. The first kappa shape index (κ1) is 16.7. The van der Waals surface area contributed by atoms with Crippen LogP contribution < -0.4 is 15.0 Å². The van der Waals surface area contributed by atoms with Gasteiger partial charge in [-0.25, -0.2) is 4.39 Å². The number of nitrogens with one attached hydrogen (secondary N) is 2. The number of benzene rings is 1. The molecule has 2 N–H and O–H groups in total. The lowest BCUT2D eigenvalue weighted by molar-refractivity contribution is 0.0955. The Balaban J connectivity index is 0.00000169. The van der Waals surface area contributed by atoms with E-state index in [0.717, 1.165) is 24.2 Å². The predicted molar refractivity (Wildman–Crippen MR) is 89.4 cm³/mol. The molecule has 4 rings (SSSR count). The highest BCUT2D eigenvalue weighted by molar-refractivity contribution is 6.07. The molecule has 2 aliphatic heterocycles. The molecule has 1 amide bonds. The topological polar surface area (TPSA) is 70.2 Å². The van der Waals surface area contributed by atoms with Crippen molar-refractivity contribution in [1.29, 1.82) is 0 Å². The molecule has 0 radical (unpaired) electrons. The van der Waals surface area contributed by atoms with Gasteiger partial charge in [-0.15, -0.1) is 12.4 Å².